The number of halogens is 1. The van der Waals surface area contributed by atoms with Gasteiger partial charge in [0.1, 0.15) is 5.02 Å². The van der Waals surface area contributed by atoms with Crippen molar-refractivity contribution in [3.05, 3.63) is 33.3 Å². The van der Waals surface area contributed by atoms with Crippen LogP contribution in [0, 0.1) is 10.1 Å². The Balaban J connectivity index is 1.68. The summed E-state index contributed by atoms with van der Waals surface area (Å²) >= 11 is 6.05. The summed E-state index contributed by atoms with van der Waals surface area (Å²) in [6, 6.07) is 3.89. The van der Waals surface area contributed by atoms with Gasteiger partial charge in [-0.25, -0.2) is 0 Å². The summed E-state index contributed by atoms with van der Waals surface area (Å²) in [6.07, 6.45) is 1.44. The van der Waals surface area contributed by atoms with E-state index in [1.165, 1.54) is 18.2 Å². The third-order valence-corrected chi connectivity index (χ3v) is 5.91. The predicted octanol–water partition coefficient (Wildman–Crippen LogP) is -0.0938. The molecular weight excluding hydrogens is 450 g/mol. The van der Waals surface area contributed by atoms with Crippen LogP contribution in [-0.2, 0) is 0 Å². The first-order valence-electron chi connectivity index (χ1n) is 10.7. The molecule has 2 aromatic rings. The van der Waals surface area contributed by atoms with Crippen molar-refractivity contribution in [1.82, 2.24) is 15.0 Å². The molecule has 0 amide bonds. The van der Waals surface area contributed by atoms with Gasteiger partial charge in [-0.2, -0.15) is 15.0 Å². The molecule has 0 saturated carbocycles. The molecule has 2 fully saturated rings. The van der Waals surface area contributed by atoms with E-state index in [1.54, 1.807) is 0 Å². The van der Waals surface area contributed by atoms with Crippen LogP contribution < -0.4 is 38.1 Å². The Morgan fingerprint density at radius 3 is 1.82 bits per heavy atom. The lowest BCUT2D eigenvalue weighted by atomic mass is 10.0. The molecule has 13 nitrogen and oxygen atoms in total. The molecule has 4 atom stereocenters. The zero-order chi connectivity index (χ0) is 23.7. The molecule has 1 aromatic heterocycles. The summed E-state index contributed by atoms with van der Waals surface area (Å²) < 4.78 is 0. The molecule has 0 unspecified atom stereocenters. The largest absolute Gasteiger partial charge is 0.338 e. The van der Waals surface area contributed by atoms with E-state index in [1.807, 2.05) is 9.80 Å². The molecule has 14 heteroatoms. The van der Waals surface area contributed by atoms with Gasteiger partial charge in [-0.15, -0.1) is 0 Å². The molecule has 2 aliphatic rings. The Kier molecular flexibility index (Phi) is 6.76. The average Bonchev–Trinajstić information content (AvgIpc) is 2.72. The monoisotopic (exact) mass is 477 g/mol. The van der Waals surface area contributed by atoms with E-state index >= 15 is 0 Å². The molecule has 0 spiro atoms. The molecule has 0 aliphatic carbocycles. The molecule has 0 bridgehead atoms. The van der Waals surface area contributed by atoms with E-state index in [9.17, 15) is 10.1 Å². The quantitative estimate of drug-likeness (QED) is 0.283. The topological polar surface area (TPSA) is 204 Å². The zero-order valence-electron chi connectivity index (χ0n) is 18.0. The van der Waals surface area contributed by atoms with Crippen LogP contribution in [0.1, 0.15) is 12.8 Å². The summed E-state index contributed by atoms with van der Waals surface area (Å²) in [5.41, 5.74) is 25.0. The van der Waals surface area contributed by atoms with Gasteiger partial charge in [-0.3, -0.25) is 10.1 Å². The van der Waals surface area contributed by atoms with E-state index < -0.39 is 4.92 Å². The van der Waals surface area contributed by atoms with Crippen molar-refractivity contribution < 1.29 is 4.92 Å². The fourth-order valence-electron chi connectivity index (χ4n) is 4.24. The lowest BCUT2D eigenvalue weighted by Crippen LogP contribution is -2.54. The normalized spacial score (nSPS) is 25.7. The summed E-state index contributed by atoms with van der Waals surface area (Å²) in [7, 11) is 0. The van der Waals surface area contributed by atoms with Crippen molar-refractivity contribution >= 4 is 40.8 Å². The molecular formula is C19H28ClN11O2. The maximum Gasteiger partial charge on any atom is 0.288 e. The first kappa shape index (κ1) is 23.3. The van der Waals surface area contributed by atoms with Crippen LogP contribution in [0.25, 0.3) is 0 Å². The van der Waals surface area contributed by atoms with Gasteiger partial charge in [-0.1, -0.05) is 11.6 Å². The van der Waals surface area contributed by atoms with E-state index in [2.05, 4.69) is 20.3 Å². The summed E-state index contributed by atoms with van der Waals surface area (Å²) in [6.45, 7) is 2.22. The Bertz CT molecular complexity index is 961. The Hall–Kier alpha value is -2.84. The van der Waals surface area contributed by atoms with Crippen LogP contribution in [0.15, 0.2) is 18.2 Å². The van der Waals surface area contributed by atoms with Gasteiger partial charge in [-0.05, 0) is 25.0 Å². The smallest absolute Gasteiger partial charge is 0.288 e. The van der Waals surface area contributed by atoms with E-state index in [0.29, 0.717) is 43.8 Å². The molecule has 0 radical (unpaired) electrons. The number of nitrogens with zero attached hydrogens (tertiary/aromatic N) is 6. The number of aromatic nitrogens is 3. The number of hydrogen-bond donors (Lipinski definition) is 5. The van der Waals surface area contributed by atoms with Crippen LogP contribution >= 0.6 is 11.6 Å². The summed E-state index contributed by atoms with van der Waals surface area (Å²) in [4.78, 5) is 28.2. The van der Waals surface area contributed by atoms with Gasteiger partial charge in [0.25, 0.3) is 5.69 Å². The fourth-order valence-corrected chi connectivity index (χ4v) is 4.49. The lowest BCUT2D eigenvalue weighted by Gasteiger charge is -2.37. The second kappa shape index (κ2) is 9.57. The Morgan fingerprint density at radius 2 is 1.39 bits per heavy atom. The summed E-state index contributed by atoms with van der Waals surface area (Å²) in [5, 5.41) is 14.1. The van der Waals surface area contributed by atoms with Gasteiger partial charge in [0, 0.05) is 62.1 Å². The van der Waals surface area contributed by atoms with Crippen molar-refractivity contribution in [2.45, 2.75) is 37.0 Å². The highest BCUT2D eigenvalue weighted by molar-refractivity contribution is 6.32. The Labute approximate surface area is 195 Å². The standard InChI is InChI=1S/C19H28ClN11O2/c20-15-5-14(1-2-16(15)31(32)33)25-17-26-18(29-6-10(21)3-11(22)7-29)28-19(27-17)30-8-12(23)4-13(24)9-30/h1-2,5,10-13H,3-4,6-9,21-24H2,(H,25,26,27,28)/t10-,11+,12-,13+. The number of rotatable bonds is 5. The third-order valence-electron chi connectivity index (χ3n) is 5.61. The molecule has 178 valence electrons. The molecule has 3 heterocycles. The zero-order valence-corrected chi connectivity index (χ0v) is 18.7. The number of anilines is 4. The molecule has 33 heavy (non-hydrogen) atoms. The maximum atomic E-state index is 11.1. The van der Waals surface area contributed by atoms with Gasteiger partial charge < -0.3 is 38.1 Å². The van der Waals surface area contributed by atoms with Gasteiger partial charge in [0.05, 0.1) is 4.92 Å². The van der Waals surface area contributed by atoms with Crippen molar-refractivity contribution in [2.75, 3.05) is 41.3 Å². The molecule has 2 aliphatic heterocycles. The Morgan fingerprint density at radius 1 is 0.909 bits per heavy atom. The maximum absolute atomic E-state index is 11.1. The molecule has 4 rings (SSSR count). The minimum Gasteiger partial charge on any atom is -0.338 e. The van der Waals surface area contributed by atoms with Crippen molar-refractivity contribution in [3.8, 4) is 0 Å². The number of nitrogens with two attached hydrogens (primary N) is 4. The highest BCUT2D eigenvalue weighted by Crippen LogP contribution is 2.29. The number of piperidine rings is 2. The number of nitrogens with one attached hydrogen (secondary N) is 1. The van der Waals surface area contributed by atoms with Crippen LogP contribution in [0.3, 0.4) is 0 Å². The van der Waals surface area contributed by atoms with Crippen molar-refractivity contribution in [3.63, 3.8) is 0 Å². The van der Waals surface area contributed by atoms with E-state index in [4.69, 9.17) is 34.5 Å². The van der Waals surface area contributed by atoms with E-state index in [0.717, 1.165) is 12.8 Å². The van der Waals surface area contributed by atoms with Crippen LogP contribution in [-0.4, -0.2) is 70.2 Å². The number of benzene rings is 1. The molecule has 1 aromatic carbocycles. The third kappa shape index (κ3) is 5.57. The van der Waals surface area contributed by atoms with Gasteiger partial charge >= 0.3 is 0 Å². The van der Waals surface area contributed by atoms with Crippen molar-refractivity contribution in [1.29, 1.82) is 0 Å². The SMILES string of the molecule is N[C@@H]1C[C@H](N)CN(c2nc(Nc3ccc([N+](=O)[O-])c(Cl)c3)nc(N3C[C@H](N)C[C@H](N)C3)n2)C1. The minimum absolute atomic E-state index is 0.000424. The number of nitro groups is 1. The van der Waals surface area contributed by atoms with Gasteiger partial charge in [0.15, 0.2) is 0 Å². The molecule has 2 saturated heterocycles. The van der Waals surface area contributed by atoms with Crippen LogP contribution in [0.4, 0.5) is 29.2 Å². The molecule has 9 N–H and O–H groups in total. The average molecular weight is 478 g/mol. The fraction of sp³-hybridized carbons (Fsp3) is 0.526. The van der Waals surface area contributed by atoms with Crippen LogP contribution in [0.5, 0.6) is 0 Å². The summed E-state index contributed by atoms with van der Waals surface area (Å²) in [5.74, 6) is 1.10. The minimum atomic E-state index is -0.545. The first-order chi connectivity index (χ1) is 15.7. The van der Waals surface area contributed by atoms with E-state index in [-0.39, 0.29) is 40.8 Å². The number of hydrogen-bond acceptors (Lipinski definition) is 12. The van der Waals surface area contributed by atoms with Gasteiger partial charge in [0.2, 0.25) is 17.8 Å². The number of nitro benzene ring substituents is 1. The first-order valence-corrected chi connectivity index (χ1v) is 11.0. The van der Waals surface area contributed by atoms with Crippen LogP contribution in [0.2, 0.25) is 5.02 Å². The second-order valence-electron chi connectivity index (χ2n) is 8.63. The van der Waals surface area contributed by atoms with Crippen molar-refractivity contribution in [2.24, 2.45) is 22.9 Å². The lowest BCUT2D eigenvalue weighted by molar-refractivity contribution is -0.384. The highest BCUT2D eigenvalue weighted by Gasteiger charge is 2.28. The second-order valence-corrected chi connectivity index (χ2v) is 9.04. The highest BCUT2D eigenvalue weighted by atomic mass is 35.5. The predicted molar refractivity (Wildman–Crippen MR) is 127 cm³/mol.